The van der Waals surface area contributed by atoms with Gasteiger partial charge in [0, 0.05) is 27.7 Å². The number of fused-ring (bicyclic) bond motifs is 2. The third-order valence-corrected chi connectivity index (χ3v) is 6.64. The number of carbonyl (C=O) groups is 1. The van der Waals surface area contributed by atoms with Gasteiger partial charge in [-0.05, 0) is 54.8 Å². The van der Waals surface area contributed by atoms with E-state index in [4.69, 9.17) is 9.47 Å². The number of aromatic nitrogens is 1. The molecule has 0 saturated heterocycles. The van der Waals surface area contributed by atoms with Crippen molar-refractivity contribution in [1.29, 1.82) is 0 Å². The van der Waals surface area contributed by atoms with Gasteiger partial charge in [-0.3, -0.25) is 4.79 Å². The number of aliphatic hydroxyl groups excluding tert-OH is 2. The Hall–Kier alpha value is -3.03. The molecule has 0 radical (unpaired) electrons. The first-order valence-corrected chi connectivity index (χ1v) is 11.4. The Morgan fingerprint density at radius 1 is 1.12 bits per heavy atom. The van der Waals surface area contributed by atoms with Crippen LogP contribution >= 0.6 is 0 Å². The number of aliphatic hydroxyl groups is 2. The van der Waals surface area contributed by atoms with Crippen LogP contribution in [-0.2, 0) is 22.2 Å². The highest BCUT2D eigenvalue weighted by atomic mass is 16.7. The molecule has 1 saturated carbocycles. The van der Waals surface area contributed by atoms with E-state index in [1.54, 1.807) is 0 Å². The van der Waals surface area contributed by atoms with Crippen molar-refractivity contribution in [2.45, 2.75) is 57.1 Å². The highest BCUT2D eigenvalue weighted by molar-refractivity contribution is 6.02. The summed E-state index contributed by atoms with van der Waals surface area (Å²) in [5.74, 6) is 1.38. The van der Waals surface area contributed by atoms with Gasteiger partial charge in [0.2, 0.25) is 12.7 Å². The van der Waals surface area contributed by atoms with Crippen molar-refractivity contribution in [3.8, 4) is 11.5 Å². The van der Waals surface area contributed by atoms with Gasteiger partial charge >= 0.3 is 0 Å². The lowest BCUT2D eigenvalue weighted by molar-refractivity contribution is -0.118. The van der Waals surface area contributed by atoms with Crippen molar-refractivity contribution in [3.63, 3.8) is 0 Å². The van der Waals surface area contributed by atoms with Gasteiger partial charge in [0.25, 0.3) is 0 Å². The third-order valence-electron chi connectivity index (χ3n) is 6.64. The zero-order chi connectivity index (χ0) is 23.4. The van der Waals surface area contributed by atoms with Crippen LogP contribution < -0.4 is 14.8 Å². The van der Waals surface area contributed by atoms with Gasteiger partial charge in [-0.25, -0.2) is 0 Å². The van der Waals surface area contributed by atoms with Gasteiger partial charge in [0.15, 0.2) is 11.5 Å². The van der Waals surface area contributed by atoms with E-state index in [1.165, 1.54) is 0 Å². The minimum absolute atomic E-state index is 0.0214. The van der Waals surface area contributed by atoms with E-state index in [1.807, 2.05) is 36.4 Å². The fourth-order valence-electron chi connectivity index (χ4n) is 4.65. The lowest BCUT2D eigenvalue weighted by Crippen LogP contribution is -2.27. The maximum Gasteiger partial charge on any atom is 0.235 e. The Bertz CT molecular complexity index is 1220. The Labute approximate surface area is 192 Å². The maximum atomic E-state index is 13.3. The second-order valence-electron chi connectivity index (χ2n) is 10.1. The summed E-state index contributed by atoms with van der Waals surface area (Å²) in [6.45, 7) is 6.59. The van der Waals surface area contributed by atoms with Crippen molar-refractivity contribution in [3.05, 3.63) is 53.7 Å². The van der Waals surface area contributed by atoms with Crippen LogP contribution in [0.4, 0.5) is 5.69 Å². The molecule has 7 nitrogen and oxygen atoms in total. The molecule has 3 N–H and O–H groups in total. The van der Waals surface area contributed by atoms with Gasteiger partial charge in [0.05, 0.1) is 24.7 Å². The summed E-state index contributed by atoms with van der Waals surface area (Å²) in [6.07, 6.45) is 0.756. The average Bonchev–Trinajstić information content (AvgIpc) is 3.32. The standard InChI is InChI=1S/C26H30N2O5/c1-25(2,3)23-11-16-10-18(5-6-20(16)28(23)13-19(30)14-29)27-24(31)26(8-9-26)17-4-7-21-22(12-17)33-15-32-21/h4-7,10-12,19,29-30H,8-9,13-15H2,1-3H3,(H,27,31). The number of hydrogen-bond donors (Lipinski definition) is 3. The van der Waals surface area contributed by atoms with Crippen molar-refractivity contribution >= 4 is 22.5 Å². The molecule has 0 bridgehead atoms. The van der Waals surface area contributed by atoms with Crippen LogP contribution in [0.5, 0.6) is 11.5 Å². The Kier molecular flexibility index (Phi) is 5.14. The van der Waals surface area contributed by atoms with Crippen LogP contribution in [0.25, 0.3) is 10.9 Å². The average molecular weight is 451 g/mol. The minimum Gasteiger partial charge on any atom is -0.454 e. The molecule has 7 heteroatoms. The van der Waals surface area contributed by atoms with E-state index < -0.39 is 11.5 Å². The molecular weight excluding hydrogens is 420 g/mol. The number of hydrogen-bond acceptors (Lipinski definition) is 5. The zero-order valence-electron chi connectivity index (χ0n) is 19.2. The van der Waals surface area contributed by atoms with Crippen molar-refractivity contribution in [2.24, 2.45) is 0 Å². The maximum absolute atomic E-state index is 13.3. The van der Waals surface area contributed by atoms with Crippen molar-refractivity contribution in [1.82, 2.24) is 4.57 Å². The summed E-state index contributed by atoms with van der Waals surface area (Å²) in [5, 5.41) is 23.5. The number of rotatable bonds is 6. The smallest absolute Gasteiger partial charge is 0.235 e. The van der Waals surface area contributed by atoms with Gasteiger partial charge in [-0.2, -0.15) is 0 Å². The number of benzene rings is 2. The van der Waals surface area contributed by atoms with Gasteiger partial charge in [-0.1, -0.05) is 26.8 Å². The molecule has 1 atom stereocenters. The first kappa shape index (κ1) is 21.8. The molecule has 2 heterocycles. The largest absolute Gasteiger partial charge is 0.454 e. The van der Waals surface area contributed by atoms with Gasteiger partial charge < -0.3 is 29.6 Å². The topological polar surface area (TPSA) is 93.0 Å². The highest BCUT2D eigenvalue weighted by Crippen LogP contribution is 2.51. The summed E-state index contributed by atoms with van der Waals surface area (Å²) in [5.41, 5.74) is 3.03. The molecule has 174 valence electrons. The quantitative estimate of drug-likeness (QED) is 0.533. The minimum atomic E-state index is -0.836. The highest BCUT2D eigenvalue weighted by Gasteiger charge is 2.51. The Morgan fingerprint density at radius 3 is 2.58 bits per heavy atom. The first-order valence-electron chi connectivity index (χ1n) is 11.4. The molecule has 2 aliphatic rings. The predicted octanol–water partition coefficient (Wildman–Crippen LogP) is 3.69. The van der Waals surface area contributed by atoms with Crippen LogP contribution in [0.15, 0.2) is 42.5 Å². The number of anilines is 1. The van der Waals surface area contributed by atoms with E-state index >= 15 is 0 Å². The van der Waals surface area contributed by atoms with E-state index in [-0.39, 0.29) is 24.7 Å². The molecule has 33 heavy (non-hydrogen) atoms. The SMILES string of the molecule is CC(C)(C)c1cc2cc(NC(=O)C3(c4ccc5c(c4)OCO5)CC3)ccc2n1CC(O)CO. The monoisotopic (exact) mass is 450 g/mol. The summed E-state index contributed by atoms with van der Waals surface area (Å²) in [6, 6.07) is 13.7. The molecule has 1 aliphatic heterocycles. The second-order valence-corrected chi connectivity index (χ2v) is 10.1. The first-order chi connectivity index (χ1) is 15.7. The van der Waals surface area contributed by atoms with Crippen LogP contribution in [0.1, 0.15) is 44.9 Å². The molecule has 1 amide bonds. The van der Waals surface area contributed by atoms with Crippen molar-refractivity contribution < 1.29 is 24.5 Å². The van der Waals surface area contributed by atoms with E-state index in [0.717, 1.165) is 40.7 Å². The molecule has 1 aromatic heterocycles. The lowest BCUT2D eigenvalue weighted by atomic mass is 9.92. The normalized spacial score (nSPS) is 17.2. The molecule has 3 aromatic rings. The molecular formula is C26H30N2O5. The predicted molar refractivity (Wildman–Crippen MR) is 126 cm³/mol. The fourth-order valence-corrected chi connectivity index (χ4v) is 4.65. The second kappa shape index (κ2) is 7.78. The van der Waals surface area contributed by atoms with Crippen LogP contribution in [0.2, 0.25) is 0 Å². The summed E-state index contributed by atoms with van der Waals surface area (Å²) in [4.78, 5) is 13.3. The summed E-state index contributed by atoms with van der Waals surface area (Å²) < 4.78 is 12.9. The van der Waals surface area contributed by atoms with Crippen LogP contribution in [0, 0.1) is 0 Å². The number of nitrogens with one attached hydrogen (secondary N) is 1. The van der Waals surface area contributed by atoms with Crippen LogP contribution in [0.3, 0.4) is 0 Å². The van der Waals surface area contributed by atoms with Gasteiger partial charge in [0.1, 0.15) is 0 Å². The lowest BCUT2D eigenvalue weighted by Gasteiger charge is -2.23. The number of carbonyl (C=O) groups excluding carboxylic acids is 1. The summed E-state index contributed by atoms with van der Waals surface area (Å²) >= 11 is 0. The fraction of sp³-hybridized carbons (Fsp3) is 0.423. The Balaban J connectivity index is 1.43. The number of amides is 1. The summed E-state index contributed by atoms with van der Waals surface area (Å²) in [7, 11) is 0. The van der Waals surface area contributed by atoms with Crippen molar-refractivity contribution in [2.75, 3.05) is 18.7 Å². The number of nitrogens with zero attached hydrogens (tertiary/aromatic N) is 1. The molecule has 1 fully saturated rings. The van der Waals surface area contributed by atoms with Gasteiger partial charge in [-0.15, -0.1) is 0 Å². The number of ether oxygens (including phenoxy) is 2. The van der Waals surface area contributed by atoms with E-state index in [2.05, 4.69) is 36.7 Å². The third kappa shape index (κ3) is 3.85. The van der Waals surface area contributed by atoms with E-state index in [9.17, 15) is 15.0 Å². The molecule has 5 rings (SSSR count). The Morgan fingerprint density at radius 2 is 1.88 bits per heavy atom. The van der Waals surface area contributed by atoms with Crippen LogP contribution in [-0.4, -0.2) is 40.2 Å². The molecule has 2 aromatic carbocycles. The zero-order valence-corrected chi connectivity index (χ0v) is 19.2. The molecule has 1 unspecified atom stereocenters. The molecule has 0 spiro atoms. The van der Waals surface area contributed by atoms with E-state index in [0.29, 0.717) is 18.0 Å². The molecule has 1 aliphatic carbocycles.